The van der Waals surface area contributed by atoms with Gasteiger partial charge in [-0.15, -0.1) is 11.3 Å². The summed E-state index contributed by atoms with van der Waals surface area (Å²) in [5.41, 5.74) is 5.88. The molecule has 6 nitrogen and oxygen atoms in total. The average Bonchev–Trinajstić information content (AvgIpc) is 3.13. The van der Waals surface area contributed by atoms with Gasteiger partial charge >= 0.3 is 0 Å². The van der Waals surface area contributed by atoms with Crippen LogP contribution < -0.4 is 10.9 Å². The first-order valence-corrected chi connectivity index (χ1v) is 8.22. The van der Waals surface area contributed by atoms with Crippen molar-refractivity contribution in [3.63, 3.8) is 0 Å². The second kappa shape index (κ2) is 6.37. The van der Waals surface area contributed by atoms with E-state index in [1.165, 1.54) is 16.2 Å². The predicted molar refractivity (Wildman–Crippen MR) is 88.0 cm³/mol. The maximum atomic E-state index is 12.1. The standard InChI is InChI=1S/C16H17N3O3S/c1-10-4-2-5-11-8-12(23-15(10)11)16(22)18-17-13(20)9-19-7-3-6-14(19)21/h2,4-5,8H,3,6-7,9H2,1H3,(H,17,20)(H,18,22). The summed E-state index contributed by atoms with van der Waals surface area (Å²) >= 11 is 1.39. The molecule has 0 atom stereocenters. The fourth-order valence-electron chi connectivity index (χ4n) is 2.59. The molecule has 2 N–H and O–H groups in total. The molecule has 1 fully saturated rings. The molecule has 120 valence electrons. The summed E-state index contributed by atoms with van der Waals surface area (Å²) in [5, 5.41) is 1.01. The summed E-state index contributed by atoms with van der Waals surface area (Å²) in [6.07, 6.45) is 1.26. The highest BCUT2D eigenvalue weighted by Gasteiger charge is 2.22. The molecule has 0 aliphatic carbocycles. The lowest BCUT2D eigenvalue weighted by Crippen LogP contribution is -2.46. The number of thiophene rings is 1. The first kappa shape index (κ1) is 15.5. The van der Waals surface area contributed by atoms with Crippen LogP contribution in [-0.4, -0.2) is 35.7 Å². The number of hydrogen-bond acceptors (Lipinski definition) is 4. The van der Waals surface area contributed by atoms with Crippen molar-refractivity contribution >= 4 is 39.1 Å². The largest absolute Gasteiger partial charge is 0.333 e. The number of amides is 3. The maximum Gasteiger partial charge on any atom is 0.279 e. The van der Waals surface area contributed by atoms with E-state index in [4.69, 9.17) is 0 Å². The number of nitrogens with zero attached hydrogens (tertiary/aromatic N) is 1. The van der Waals surface area contributed by atoms with Crippen molar-refractivity contribution < 1.29 is 14.4 Å². The molecule has 3 rings (SSSR count). The smallest absolute Gasteiger partial charge is 0.279 e. The van der Waals surface area contributed by atoms with E-state index in [1.54, 1.807) is 6.07 Å². The number of rotatable bonds is 3. The van der Waals surface area contributed by atoms with E-state index in [0.29, 0.717) is 17.8 Å². The Kier molecular flexibility index (Phi) is 4.29. The van der Waals surface area contributed by atoms with E-state index in [0.717, 1.165) is 22.1 Å². The van der Waals surface area contributed by atoms with Gasteiger partial charge in [-0.3, -0.25) is 25.2 Å². The van der Waals surface area contributed by atoms with Crippen molar-refractivity contribution in [3.8, 4) is 0 Å². The highest BCUT2D eigenvalue weighted by Crippen LogP contribution is 2.28. The number of fused-ring (bicyclic) bond motifs is 1. The zero-order valence-electron chi connectivity index (χ0n) is 12.7. The molecule has 0 saturated carbocycles. The van der Waals surface area contributed by atoms with Gasteiger partial charge in [0.25, 0.3) is 11.8 Å². The quantitative estimate of drug-likeness (QED) is 0.839. The van der Waals surface area contributed by atoms with Crippen molar-refractivity contribution in [1.29, 1.82) is 0 Å². The summed E-state index contributed by atoms with van der Waals surface area (Å²) in [6.45, 7) is 2.57. The molecule has 2 aromatic rings. The van der Waals surface area contributed by atoms with E-state index in [9.17, 15) is 14.4 Å². The average molecular weight is 331 g/mol. The molecule has 0 bridgehead atoms. The fraction of sp³-hybridized carbons (Fsp3) is 0.312. The number of likely N-dealkylation sites (tertiary alicyclic amines) is 1. The summed E-state index contributed by atoms with van der Waals surface area (Å²) in [5.74, 6) is -0.774. The Morgan fingerprint density at radius 2 is 2.13 bits per heavy atom. The van der Waals surface area contributed by atoms with Crippen LogP contribution in [0.1, 0.15) is 28.1 Å². The minimum atomic E-state index is -0.397. The number of hydrogen-bond donors (Lipinski definition) is 2. The zero-order chi connectivity index (χ0) is 16.4. The lowest BCUT2D eigenvalue weighted by atomic mass is 10.2. The molecule has 3 amide bonds. The van der Waals surface area contributed by atoms with Crippen molar-refractivity contribution in [2.45, 2.75) is 19.8 Å². The maximum absolute atomic E-state index is 12.1. The molecule has 1 aromatic heterocycles. The minimum absolute atomic E-state index is 0.0218. The predicted octanol–water partition coefficient (Wildman–Crippen LogP) is 1.59. The highest BCUT2D eigenvalue weighted by atomic mass is 32.1. The summed E-state index contributed by atoms with van der Waals surface area (Å²) < 4.78 is 1.06. The van der Waals surface area contributed by atoms with Gasteiger partial charge < -0.3 is 4.90 Å². The molecule has 0 radical (unpaired) electrons. The fourth-order valence-corrected chi connectivity index (χ4v) is 3.62. The Morgan fingerprint density at radius 3 is 2.83 bits per heavy atom. The normalized spacial score (nSPS) is 14.3. The van der Waals surface area contributed by atoms with Crippen LogP contribution in [0.25, 0.3) is 10.1 Å². The van der Waals surface area contributed by atoms with Crippen LogP contribution in [0.2, 0.25) is 0 Å². The molecular formula is C16H17N3O3S. The van der Waals surface area contributed by atoms with Crippen molar-refractivity contribution in [2.24, 2.45) is 0 Å². The van der Waals surface area contributed by atoms with Gasteiger partial charge in [0.2, 0.25) is 5.91 Å². The highest BCUT2D eigenvalue weighted by molar-refractivity contribution is 7.21. The lowest BCUT2D eigenvalue weighted by molar-refractivity contribution is -0.133. The van der Waals surface area contributed by atoms with Gasteiger partial charge in [0.15, 0.2) is 0 Å². The van der Waals surface area contributed by atoms with Gasteiger partial charge in [-0.2, -0.15) is 0 Å². The van der Waals surface area contributed by atoms with E-state index in [1.807, 2.05) is 25.1 Å². The Bertz CT molecular complexity index is 784. The van der Waals surface area contributed by atoms with Crippen LogP contribution in [0.5, 0.6) is 0 Å². The van der Waals surface area contributed by atoms with Gasteiger partial charge in [0.1, 0.15) is 6.54 Å². The Balaban J connectivity index is 1.59. The zero-order valence-corrected chi connectivity index (χ0v) is 13.5. The SMILES string of the molecule is Cc1cccc2cc(C(=O)NNC(=O)CN3CCCC3=O)sc12. The molecule has 1 aliphatic heterocycles. The molecule has 1 aromatic carbocycles. The van der Waals surface area contributed by atoms with E-state index < -0.39 is 5.91 Å². The number of carbonyl (C=O) groups is 3. The summed E-state index contributed by atoms with van der Waals surface area (Å²) in [6, 6.07) is 7.70. The Hall–Kier alpha value is -2.41. The van der Waals surface area contributed by atoms with Gasteiger partial charge in [-0.05, 0) is 30.4 Å². The third kappa shape index (κ3) is 3.34. The van der Waals surface area contributed by atoms with Crippen LogP contribution in [-0.2, 0) is 9.59 Å². The van der Waals surface area contributed by atoms with Gasteiger partial charge in [-0.25, -0.2) is 0 Å². The van der Waals surface area contributed by atoms with Crippen molar-refractivity contribution in [1.82, 2.24) is 15.8 Å². The first-order valence-electron chi connectivity index (χ1n) is 7.41. The van der Waals surface area contributed by atoms with Crippen LogP contribution in [0, 0.1) is 6.92 Å². The molecule has 0 spiro atoms. The second-order valence-corrected chi connectivity index (χ2v) is 6.58. The molecule has 1 aliphatic rings. The Morgan fingerprint density at radius 1 is 1.30 bits per heavy atom. The monoisotopic (exact) mass is 331 g/mol. The van der Waals surface area contributed by atoms with E-state index in [-0.39, 0.29) is 18.4 Å². The number of benzene rings is 1. The van der Waals surface area contributed by atoms with Gasteiger partial charge in [-0.1, -0.05) is 18.2 Å². The van der Waals surface area contributed by atoms with Gasteiger partial charge in [0, 0.05) is 17.7 Å². The molecule has 2 heterocycles. The molecular weight excluding hydrogens is 314 g/mol. The molecule has 1 saturated heterocycles. The minimum Gasteiger partial charge on any atom is -0.333 e. The van der Waals surface area contributed by atoms with E-state index >= 15 is 0 Å². The lowest BCUT2D eigenvalue weighted by Gasteiger charge is -2.14. The third-order valence-corrected chi connectivity index (χ3v) is 5.07. The number of hydrazine groups is 1. The number of carbonyl (C=O) groups excluding carboxylic acids is 3. The third-order valence-electron chi connectivity index (χ3n) is 3.79. The van der Waals surface area contributed by atoms with Gasteiger partial charge in [0.05, 0.1) is 4.88 Å². The second-order valence-electron chi connectivity index (χ2n) is 5.53. The van der Waals surface area contributed by atoms with Crippen LogP contribution >= 0.6 is 11.3 Å². The number of aryl methyl sites for hydroxylation is 1. The molecule has 7 heteroatoms. The van der Waals surface area contributed by atoms with Crippen molar-refractivity contribution in [3.05, 3.63) is 34.7 Å². The first-order chi connectivity index (χ1) is 11.0. The molecule has 23 heavy (non-hydrogen) atoms. The summed E-state index contributed by atoms with van der Waals surface area (Å²) in [4.78, 5) is 37.4. The van der Waals surface area contributed by atoms with Crippen LogP contribution in [0.4, 0.5) is 0 Å². The Labute approximate surface area is 137 Å². The topological polar surface area (TPSA) is 78.5 Å². The van der Waals surface area contributed by atoms with Crippen molar-refractivity contribution in [2.75, 3.05) is 13.1 Å². The van der Waals surface area contributed by atoms with Crippen LogP contribution in [0.15, 0.2) is 24.3 Å². The number of nitrogens with one attached hydrogen (secondary N) is 2. The summed E-state index contributed by atoms with van der Waals surface area (Å²) in [7, 11) is 0. The van der Waals surface area contributed by atoms with Crippen LogP contribution in [0.3, 0.4) is 0 Å². The van der Waals surface area contributed by atoms with E-state index in [2.05, 4.69) is 10.9 Å². The molecule has 0 unspecified atom stereocenters.